The number of nitrogen functional groups attached to an aromatic ring is 1. The topological polar surface area (TPSA) is 48.1 Å². The molecular formula is C18H24N2O. The summed E-state index contributed by atoms with van der Waals surface area (Å²) in [5, 5.41) is 0.952. The first kappa shape index (κ1) is 14.2. The van der Waals surface area contributed by atoms with Crippen molar-refractivity contribution in [2.45, 2.75) is 52.6 Å². The van der Waals surface area contributed by atoms with Gasteiger partial charge in [-0.2, -0.15) is 0 Å². The molecule has 1 saturated carbocycles. The summed E-state index contributed by atoms with van der Waals surface area (Å²) < 4.78 is 6.26. The molecular weight excluding hydrogens is 260 g/mol. The van der Waals surface area contributed by atoms with Crippen LogP contribution < -0.4 is 10.5 Å². The van der Waals surface area contributed by atoms with E-state index in [1.54, 1.807) is 0 Å². The molecule has 1 fully saturated rings. The molecule has 0 radical (unpaired) electrons. The predicted octanol–water partition coefficient (Wildman–Crippen LogP) is 4.47. The number of fused-ring (bicyclic) bond motifs is 1. The quantitative estimate of drug-likeness (QED) is 0.885. The van der Waals surface area contributed by atoms with E-state index in [1.165, 1.54) is 12.8 Å². The van der Waals surface area contributed by atoms with Gasteiger partial charge in [0.25, 0.3) is 0 Å². The van der Waals surface area contributed by atoms with Gasteiger partial charge in [0.15, 0.2) is 0 Å². The van der Waals surface area contributed by atoms with Gasteiger partial charge in [0.1, 0.15) is 5.75 Å². The Morgan fingerprint density at radius 2 is 1.95 bits per heavy atom. The minimum atomic E-state index is 0.296. The summed E-state index contributed by atoms with van der Waals surface area (Å²) in [6, 6.07) is 7.92. The summed E-state index contributed by atoms with van der Waals surface area (Å²) in [7, 11) is 0. The van der Waals surface area contributed by atoms with Gasteiger partial charge in [-0.3, -0.25) is 4.98 Å². The second-order valence-electron chi connectivity index (χ2n) is 6.98. The van der Waals surface area contributed by atoms with Gasteiger partial charge in [0, 0.05) is 11.4 Å². The lowest BCUT2D eigenvalue weighted by molar-refractivity contribution is 0.100. The van der Waals surface area contributed by atoms with E-state index in [4.69, 9.17) is 10.5 Å². The SMILES string of the molecule is Cc1cc(N)c2c(OC3CCC(C)(C)CC3)cccc2n1. The Balaban J connectivity index is 1.88. The van der Waals surface area contributed by atoms with Crippen molar-refractivity contribution in [1.29, 1.82) is 0 Å². The lowest BCUT2D eigenvalue weighted by atomic mass is 9.76. The van der Waals surface area contributed by atoms with Crippen LogP contribution in [0.15, 0.2) is 24.3 Å². The number of aromatic nitrogens is 1. The third kappa shape index (κ3) is 2.97. The van der Waals surface area contributed by atoms with Gasteiger partial charge in [-0.1, -0.05) is 19.9 Å². The minimum absolute atomic E-state index is 0.296. The molecule has 1 heterocycles. The highest BCUT2D eigenvalue weighted by molar-refractivity contribution is 5.95. The predicted molar refractivity (Wildman–Crippen MR) is 87.6 cm³/mol. The van der Waals surface area contributed by atoms with E-state index < -0.39 is 0 Å². The monoisotopic (exact) mass is 284 g/mol. The molecule has 112 valence electrons. The van der Waals surface area contributed by atoms with Crippen molar-refractivity contribution in [3.63, 3.8) is 0 Å². The third-order valence-electron chi connectivity index (χ3n) is 4.53. The molecule has 1 aromatic heterocycles. The maximum absolute atomic E-state index is 6.26. The summed E-state index contributed by atoms with van der Waals surface area (Å²) in [4.78, 5) is 4.55. The molecule has 3 heteroatoms. The smallest absolute Gasteiger partial charge is 0.131 e. The zero-order valence-corrected chi connectivity index (χ0v) is 13.1. The number of rotatable bonds is 2. The Hall–Kier alpha value is -1.77. The zero-order valence-electron chi connectivity index (χ0n) is 13.1. The second-order valence-corrected chi connectivity index (χ2v) is 6.98. The van der Waals surface area contributed by atoms with Gasteiger partial charge in [-0.05, 0) is 56.2 Å². The molecule has 21 heavy (non-hydrogen) atoms. The van der Waals surface area contributed by atoms with Crippen LogP contribution in [0.4, 0.5) is 5.69 Å². The molecule has 3 nitrogen and oxygen atoms in total. The number of benzene rings is 1. The van der Waals surface area contributed by atoms with Crippen LogP contribution in [0.25, 0.3) is 10.9 Å². The van der Waals surface area contributed by atoms with Crippen LogP contribution in [0.2, 0.25) is 0 Å². The van der Waals surface area contributed by atoms with E-state index in [1.807, 2.05) is 31.2 Å². The summed E-state index contributed by atoms with van der Waals surface area (Å²) in [6.45, 7) is 6.64. The zero-order chi connectivity index (χ0) is 15.0. The van der Waals surface area contributed by atoms with Crippen LogP contribution in [0.1, 0.15) is 45.2 Å². The van der Waals surface area contributed by atoms with E-state index in [0.717, 1.165) is 40.9 Å². The molecule has 1 aliphatic carbocycles. The highest BCUT2D eigenvalue weighted by Gasteiger charge is 2.28. The number of aryl methyl sites for hydroxylation is 1. The Morgan fingerprint density at radius 1 is 1.24 bits per heavy atom. The van der Waals surface area contributed by atoms with Crippen molar-refractivity contribution < 1.29 is 4.74 Å². The molecule has 0 bridgehead atoms. The van der Waals surface area contributed by atoms with Crippen LogP contribution in [-0.2, 0) is 0 Å². The number of hydrogen-bond acceptors (Lipinski definition) is 3. The molecule has 0 spiro atoms. The van der Waals surface area contributed by atoms with Crippen LogP contribution in [0, 0.1) is 12.3 Å². The largest absolute Gasteiger partial charge is 0.490 e. The normalized spacial score (nSPS) is 18.8. The van der Waals surface area contributed by atoms with Crippen molar-refractivity contribution >= 4 is 16.6 Å². The fourth-order valence-electron chi connectivity index (χ4n) is 3.19. The summed E-state index contributed by atoms with van der Waals surface area (Å²) in [6.07, 6.45) is 4.96. The third-order valence-corrected chi connectivity index (χ3v) is 4.53. The molecule has 0 unspecified atom stereocenters. The molecule has 0 aliphatic heterocycles. The number of ether oxygens (including phenoxy) is 1. The van der Waals surface area contributed by atoms with E-state index in [2.05, 4.69) is 18.8 Å². The number of anilines is 1. The van der Waals surface area contributed by atoms with Gasteiger partial charge in [-0.25, -0.2) is 0 Å². The van der Waals surface area contributed by atoms with Crippen molar-refractivity contribution in [2.24, 2.45) is 5.41 Å². The van der Waals surface area contributed by atoms with Gasteiger partial charge < -0.3 is 10.5 Å². The average Bonchev–Trinajstić information content (AvgIpc) is 2.40. The summed E-state index contributed by atoms with van der Waals surface area (Å²) >= 11 is 0. The Morgan fingerprint density at radius 3 is 2.67 bits per heavy atom. The van der Waals surface area contributed by atoms with E-state index in [-0.39, 0.29) is 0 Å². The fraction of sp³-hybridized carbons (Fsp3) is 0.500. The Labute approximate surface area is 126 Å². The van der Waals surface area contributed by atoms with E-state index >= 15 is 0 Å². The van der Waals surface area contributed by atoms with Crippen LogP contribution in [-0.4, -0.2) is 11.1 Å². The van der Waals surface area contributed by atoms with Gasteiger partial charge in [0.2, 0.25) is 0 Å². The van der Waals surface area contributed by atoms with Crippen molar-refractivity contribution in [2.75, 3.05) is 5.73 Å². The van der Waals surface area contributed by atoms with E-state index in [0.29, 0.717) is 11.5 Å². The number of nitrogens with two attached hydrogens (primary N) is 1. The summed E-state index contributed by atoms with van der Waals surface area (Å²) in [5.41, 5.74) is 9.25. The van der Waals surface area contributed by atoms with Gasteiger partial charge in [0.05, 0.1) is 17.0 Å². The maximum Gasteiger partial charge on any atom is 0.131 e. The molecule has 0 atom stereocenters. The molecule has 0 amide bonds. The summed E-state index contributed by atoms with van der Waals surface area (Å²) in [5.74, 6) is 0.877. The van der Waals surface area contributed by atoms with Crippen molar-refractivity contribution in [3.05, 3.63) is 30.0 Å². The number of nitrogens with zero attached hydrogens (tertiary/aromatic N) is 1. The Bertz CT molecular complexity index is 654. The van der Waals surface area contributed by atoms with E-state index in [9.17, 15) is 0 Å². The lowest BCUT2D eigenvalue weighted by Gasteiger charge is -2.34. The van der Waals surface area contributed by atoms with Crippen molar-refractivity contribution in [1.82, 2.24) is 4.98 Å². The standard InChI is InChI=1S/C18H24N2O/c1-12-11-14(19)17-15(20-12)5-4-6-16(17)21-13-7-9-18(2,3)10-8-13/h4-6,11,13H,7-10H2,1-3H3,(H2,19,20). The maximum atomic E-state index is 6.26. The van der Waals surface area contributed by atoms with Crippen LogP contribution in [0.5, 0.6) is 5.75 Å². The van der Waals surface area contributed by atoms with Crippen molar-refractivity contribution in [3.8, 4) is 5.75 Å². The molecule has 2 aromatic rings. The van der Waals surface area contributed by atoms with Crippen LogP contribution >= 0.6 is 0 Å². The van der Waals surface area contributed by atoms with Gasteiger partial charge >= 0.3 is 0 Å². The average molecular weight is 284 g/mol. The molecule has 2 N–H and O–H groups in total. The number of hydrogen-bond donors (Lipinski definition) is 1. The molecule has 0 saturated heterocycles. The Kier molecular flexibility index (Phi) is 3.52. The van der Waals surface area contributed by atoms with Gasteiger partial charge in [-0.15, -0.1) is 0 Å². The molecule has 1 aliphatic rings. The first-order valence-corrected chi connectivity index (χ1v) is 7.77. The highest BCUT2D eigenvalue weighted by atomic mass is 16.5. The first-order valence-electron chi connectivity index (χ1n) is 7.77. The molecule has 3 rings (SSSR count). The molecule has 1 aromatic carbocycles. The minimum Gasteiger partial charge on any atom is -0.490 e. The fourth-order valence-corrected chi connectivity index (χ4v) is 3.19. The number of pyridine rings is 1. The first-order chi connectivity index (χ1) is 9.94. The lowest BCUT2D eigenvalue weighted by Crippen LogP contribution is -2.28. The second kappa shape index (κ2) is 5.21. The van der Waals surface area contributed by atoms with Crippen LogP contribution in [0.3, 0.4) is 0 Å². The highest BCUT2D eigenvalue weighted by Crippen LogP contribution is 2.38.